The molecule has 0 bridgehead atoms. The monoisotopic (exact) mass is 404 g/mol. The Morgan fingerprint density at radius 2 is 1.86 bits per heavy atom. The van der Waals surface area contributed by atoms with E-state index in [4.69, 9.17) is 10.3 Å². The van der Waals surface area contributed by atoms with Crippen LogP contribution in [-0.4, -0.2) is 22.6 Å². The molecule has 0 spiro atoms. The van der Waals surface area contributed by atoms with E-state index in [2.05, 4.69) is 15.5 Å². The van der Waals surface area contributed by atoms with Gasteiger partial charge < -0.3 is 15.6 Å². The summed E-state index contributed by atoms with van der Waals surface area (Å²) in [5.74, 6) is 0.464. The van der Waals surface area contributed by atoms with Gasteiger partial charge in [-0.2, -0.15) is 4.98 Å². The van der Waals surface area contributed by atoms with Crippen molar-refractivity contribution in [1.29, 1.82) is 0 Å². The SMILES string of the molecule is Cl.NC(CNC(=O)CCCc1nc(-c2ccc(F)cc2)no1)c1ccccc1. The number of hydrogen-bond donors (Lipinski definition) is 2. The maximum atomic E-state index is 12.9. The fourth-order valence-electron chi connectivity index (χ4n) is 2.60. The van der Waals surface area contributed by atoms with Gasteiger partial charge in [0.1, 0.15) is 5.82 Å². The molecule has 1 aromatic heterocycles. The van der Waals surface area contributed by atoms with Gasteiger partial charge in [-0.15, -0.1) is 12.4 Å². The Morgan fingerprint density at radius 1 is 1.14 bits per heavy atom. The van der Waals surface area contributed by atoms with Gasteiger partial charge in [-0.25, -0.2) is 4.39 Å². The molecule has 148 valence electrons. The minimum absolute atomic E-state index is 0. The molecule has 1 atom stereocenters. The number of halogens is 2. The molecule has 0 fully saturated rings. The number of carbonyl (C=O) groups excluding carboxylic acids is 1. The van der Waals surface area contributed by atoms with Gasteiger partial charge in [0.05, 0.1) is 0 Å². The summed E-state index contributed by atoms with van der Waals surface area (Å²) in [5, 5.41) is 6.72. The van der Waals surface area contributed by atoms with Gasteiger partial charge in [0, 0.05) is 31.0 Å². The van der Waals surface area contributed by atoms with E-state index < -0.39 is 0 Å². The lowest BCUT2D eigenvalue weighted by Crippen LogP contribution is -2.31. The van der Waals surface area contributed by atoms with Crippen molar-refractivity contribution in [2.45, 2.75) is 25.3 Å². The van der Waals surface area contributed by atoms with Crippen molar-refractivity contribution in [2.75, 3.05) is 6.54 Å². The van der Waals surface area contributed by atoms with Crippen LogP contribution in [0, 0.1) is 5.82 Å². The average molecular weight is 405 g/mol. The first-order valence-electron chi connectivity index (χ1n) is 8.77. The molecule has 8 heteroatoms. The van der Waals surface area contributed by atoms with Crippen LogP contribution in [0.4, 0.5) is 4.39 Å². The molecule has 0 aliphatic heterocycles. The first-order chi connectivity index (χ1) is 13.1. The van der Waals surface area contributed by atoms with E-state index in [9.17, 15) is 9.18 Å². The number of rotatable bonds is 8. The third-order valence-electron chi connectivity index (χ3n) is 4.11. The number of nitrogens with one attached hydrogen (secondary N) is 1. The van der Waals surface area contributed by atoms with Gasteiger partial charge >= 0.3 is 0 Å². The number of amides is 1. The number of benzene rings is 2. The molecular formula is C20H22ClFN4O2. The summed E-state index contributed by atoms with van der Waals surface area (Å²) >= 11 is 0. The molecule has 1 unspecified atom stereocenters. The molecule has 0 saturated heterocycles. The van der Waals surface area contributed by atoms with E-state index in [0.29, 0.717) is 43.1 Å². The van der Waals surface area contributed by atoms with E-state index in [0.717, 1.165) is 5.56 Å². The van der Waals surface area contributed by atoms with Crippen LogP contribution in [0.25, 0.3) is 11.4 Å². The van der Waals surface area contributed by atoms with Crippen LogP contribution in [0.2, 0.25) is 0 Å². The molecule has 0 aliphatic rings. The van der Waals surface area contributed by atoms with E-state index in [1.807, 2.05) is 30.3 Å². The quantitative estimate of drug-likeness (QED) is 0.599. The molecule has 3 N–H and O–H groups in total. The van der Waals surface area contributed by atoms with Crippen molar-refractivity contribution >= 4 is 18.3 Å². The fraction of sp³-hybridized carbons (Fsp3) is 0.250. The summed E-state index contributed by atoms with van der Waals surface area (Å²) in [6.07, 6.45) is 1.42. The summed E-state index contributed by atoms with van der Waals surface area (Å²) in [5.41, 5.74) is 7.72. The lowest BCUT2D eigenvalue weighted by atomic mass is 10.1. The Bertz CT molecular complexity index is 871. The summed E-state index contributed by atoms with van der Waals surface area (Å²) in [4.78, 5) is 16.2. The second-order valence-electron chi connectivity index (χ2n) is 6.19. The molecule has 28 heavy (non-hydrogen) atoms. The Hall–Kier alpha value is -2.77. The molecule has 3 aromatic rings. The molecule has 0 radical (unpaired) electrons. The zero-order valence-electron chi connectivity index (χ0n) is 15.2. The van der Waals surface area contributed by atoms with Gasteiger partial charge in [-0.3, -0.25) is 4.79 Å². The third-order valence-corrected chi connectivity index (χ3v) is 4.11. The first kappa shape index (κ1) is 21.5. The van der Waals surface area contributed by atoms with Crippen molar-refractivity contribution in [3.05, 3.63) is 71.9 Å². The standard InChI is InChI=1S/C20H21FN4O2.ClH/c21-16-11-9-15(10-12-16)20-24-19(27-25-20)8-4-7-18(26)23-13-17(22)14-5-2-1-3-6-14;/h1-3,5-6,9-12,17H,4,7-8,13,22H2,(H,23,26);1H. The van der Waals surface area contributed by atoms with Crippen molar-refractivity contribution in [3.8, 4) is 11.4 Å². The van der Waals surface area contributed by atoms with E-state index in [1.165, 1.54) is 12.1 Å². The fourth-order valence-corrected chi connectivity index (χ4v) is 2.60. The smallest absolute Gasteiger partial charge is 0.226 e. The third kappa shape index (κ3) is 6.14. The lowest BCUT2D eigenvalue weighted by molar-refractivity contribution is -0.121. The maximum absolute atomic E-state index is 12.9. The van der Waals surface area contributed by atoms with Gasteiger partial charge in [-0.05, 0) is 36.2 Å². The summed E-state index contributed by atoms with van der Waals surface area (Å²) in [6, 6.07) is 15.3. The van der Waals surface area contributed by atoms with E-state index >= 15 is 0 Å². The molecule has 2 aromatic carbocycles. The van der Waals surface area contributed by atoms with E-state index in [1.54, 1.807) is 12.1 Å². The number of aryl methyl sites for hydroxylation is 1. The Kier molecular flexibility index (Phi) is 8.10. The van der Waals surface area contributed by atoms with Crippen LogP contribution < -0.4 is 11.1 Å². The van der Waals surface area contributed by atoms with Gasteiger partial charge in [-0.1, -0.05) is 35.5 Å². The zero-order chi connectivity index (χ0) is 19.1. The number of hydrogen-bond acceptors (Lipinski definition) is 5. The van der Waals surface area contributed by atoms with Crippen LogP contribution in [0.3, 0.4) is 0 Å². The zero-order valence-corrected chi connectivity index (χ0v) is 16.0. The molecular weight excluding hydrogens is 383 g/mol. The van der Waals surface area contributed by atoms with Crippen molar-refractivity contribution < 1.29 is 13.7 Å². The van der Waals surface area contributed by atoms with Crippen LogP contribution >= 0.6 is 12.4 Å². The Morgan fingerprint density at radius 3 is 2.57 bits per heavy atom. The first-order valence-corrected chi connectivity index (χ1v) is 8.77. The number of nitrogens with zero attached hydrogens (tertiary/aromatic N) is 2. The highest BCUT2D eigenvalue weighted by molar-refractivity contribution is 5.85. The van der Waals surface area contributed by atoms with Crippen LogP contribution in [0.5, 0.6) is 0 Å². The summed E-state index contributed by atoms with van der Waals surface area (Å²) < 4.78 is 18.1. The highest BCUT2D eigenvalue weighted by Gasteiger charge is 2.11. The predicted octanol–water partition coefficient (Wildman–Crippen LogP) is 3.44. The average Bonchev–Trinajstić information content (AvgIpc) is 3.16. The maximum Gasteiger partial charge on any atom is 0.226 e. The second kappa shape index (κ2) is 10.5. The predicted molar refractivity (Wildman–Crippen MR) is 106 cm³/mol. The number of carbonyl (C=O) groups is 1. The van der Waals surface area contributed by atoms with Crippen molar-refractivity contribution in [2.24, 2.45) is 5.73 Å². The molecule has 1 heterocycles. The van der Waals surface area contributed by atoms with Gasteiger partial charge in [0.2, 0.25) is 17.6 Å². The summed E-state index contributed by atoms with van der Waals surface area (Å²) in [6.45, 7) is 0.387. The molecule has 1 amide bonds. The minimum Gasteiger partial charge on any atom is -0.354 e. The van der Waals surface area contributed by atoms with Crippen LogP contribution in [0.1, 0.15) is 30.3 Å². The van der Waals surface area contributed by atoms with Gasteiger partial charge in [0.15, 0.2) is 0 Å². The normalized spacial score (nSPS) is 11.5. The Labute approximate surface area is 168 Å². The van der Waals surface area contributed by atoms with Gasteiger partial charge in [0.25, 0.3) is 0 Å². The van der Waals surface area contributed by atoms with Crippen LogP contribution in [-0.2, 0) is 11.2 Å². The molecule has 6 nitrogen and oxygen atoms in total. The molecule has 0 aliphatic carbocycles. The second-order valence-corrected chi connectivity index (χ2v) is 6.19. The lowest BCUT2D eigenvalue weighted by Gasteiger charge is -2.12. The summed E-state index contributed by atoms with van der Waals surface area (Å²) in [7, 11) is 0. The van der Waals surface area contributed by atoms with Crippen molar-refractivity contribution in [1.82, 2.24) is 15.5 Å². The Balaban J connectivity index is 0.00000280. The van der Waals surface area contributed by atoms with Crippen LogP contribution in [0.15, 0.2) is 59.1 Å². The highest BCUT2D eigenvalue weighted by atomic mass is 35.5. The van der Waals surface area contributed by atoms with Crippen molar-refractivity contribution in [3.63, 3.8) is 0 Å². The topological polar surface area (TPSA) is 94.0 Å². The molecule has 0 saturated carbocycles. The molecule has 3 rings (SSSR count). The minimum atomic E-state index is -0.319. The largest absolute Gasteiger partial charge is 0.354 e. The number of aromatic nitrogens is 2. The number of nitrogens with two attached hydrogens (primary N) is 1. The van der Waals surface area contributed by atoms with E-state index in [-0.39, 0.29) is 30.2 Å². The highest BCUT2D eigenvalue weighted by Crippen LogP contribution is 2.17.